The van der Waals surface area contributed by atoms with Gasteiger partial charge in [0.1, 0.15) is 0 Å². The summed E-state index contributed by atoms with van der Waals surface area (Å²) in [6.07, 6.45) is 1.60. The van der Waals surface area contributed by atoms with Gasteiger partial charge in [0.2, 0.25) is 0 Å². The Balaban J connectivity index is 2.87. The van der Waals surface area contributed by atoms with Gasteiger partial charge in [0, 0.05) is 28.0 Å². The molecule has 0 bridgehead atoms. The smallest absolute Gasteiger partial charge is 0.193 e. The zero-order chi connectivity index (χ0) is 9.42. The third-order valence-corrected chi connectivity index (χ3v) is 2.22. The minimum atomic E-state index is 0.639. The third kappa shape index (κ3) is 1.55. The molecule has 0 saturated heterocycles. The van der Waals surface area contributed by atoms with E-state index in [1.807, 2.05) is 13.0 Å². The van der Waals surface area contributed by atoms with Crippen molar-refractivity contribution in [2.45, 2.75) is 6.92 Å². The largest absolute Gasteiger partial charge is 0.397 e. The number of nitrogens with two attached hydrogens (primary N) is 1. The number of aromatic nitrogens is 3. The summed E-state index contributed by atoms with van der Waals surface area (Å²) >= 11 is 2.07. The standard InChI is InChI=1S/C8H7IN4/c1-4-6-2-5(10)3-11-7(6)13-8(9)12-4/h2-3H,10H2,1H3. The van der Waals surface area contributed by atoms with Crippen molar-refractivity contribution in [2.75, 3.05) is 5.73 Å². The SMILES string of the molecule is Cc1nc(I)nc2ncc(N)cc12. The van der Waals surface area contributed by atoms with Crippen molar-refractivity contribution in [3.63, 3.8) is 0 Å². The average Bonchev–Trinajstić information content (AvgIpc) is 2.06. The lowest BCUT2D eigenvalue weighted by Crippen LogP contribution is -1.96. The van der Waals surface area contributed by atoms with E-state index in [0.29, 0.717) is 15.2 Å². The van der Waals surface area contributed by atoms with E-state index < -0.39 is 0 Å². The molecule has 0 unspecified atom stereocenters. The molecule has 0 aromatic carbocycles. The van der Waals surface area contributed by atoms with Crippen LogP contribution in [0.4, 0.5) is 5.69 Å². The van der Waals surface area contributed by atoms with Crippen LogP contribution < -0.4 is 5.73 Å². The summed E-state index contributed by atoms with van der Waals surface area (Å²) < 4.78 is 0.708. The molecule has 0 aliphatic heterocycles. The fourth-order valence-corrected chi connectivity index (χ4v) is 1.73. The van der Waals surface area contributed by atoms with Crippen LogP contribution in [-0.4, -0.2) is 15.0 Å². The van der Waals surface area contributed by atoms with Crippen LogP contribution in [0.1, 0.15) is 5.69 Å². The van der Waals surface area contributed by atoms with Gasteiger partial charge in [-0.2, -0.15) is 0 Å². The van der Waals surface area contributed by atoms with E-state index in [4.69, 9.17) is 5.73 Å². The highest BCUT2D eigenvalue weighted by molar-refractivity contribution is 14.1. The molecule has 0 aliphatic rings. The van der Waals surface area contributed by atoms with Gasteiger partial charge in [0.05, 0.1) is 17.6 Å². The maximum atomic E-state index is 5.61. The van der Waals surface area contributed by atoms with E-state index in [9.17, 15) is 0 Å². The van der Waals surface area contributed by atoms with Gasteiger partial charge >= 0.3 is 0 Å². The molecular weight excluding hydrogens is 279 g/mol. The molecule has 0 fully saturated rings. The van der Waals surface area contributed by atoms with E-state index in [2.05, 4.69) is 37.5 Å². The topological polar surface area (TPSA) is 64.7 Å². The first-order chi connectivity index (χ1) is 6.16. The number of rotatable bonds is 0. The molecule has 0 radical (unpaired) electrons. The summed E-state index contributed by atoms with van der Waals surface area (Å²) in [4.78, 5) is 12.5. The van der Waals surface area contributed by atoms with Crippen molar-refractivity contribution in [3.8, 4) is 0 Å². The number of fused-ring (bicyclic) bond motifs is 1. The highest BCUT2D eigenvalue weighted by Gasteiger charge is 2.03. The predicted molar refractivity (Wildman–Crippen MR) is 59.2 cm³/mol. The number of nitrogen functional groups attached to an aromatic ring is 1. The first-order valence-corrected chi connectivity index (χ1v) is 4.80. The Labute approximate surface area is 88.7 Å². The number of anilines is 1. The first kappa shape index (κ1) is 8.61. The van der Waals surface area contributed by atoms with Crippen LogP contribution in [0.15, 0.2) is 12.3 Å². The van der Waals surface area contributed by atoms with Crippen molar-refractivity contribution in [1.82, 2.24) is 15.0 Å². The molecule has 13 heavy (non-hydrogen) atoms. The minimum absolute atomic E-state index is 0.639. The van der Waals surface area contributed by atoms with Gasteiger partial charge in [0.25, 0.3) is 0 Å². The molecule has 2 aromatic heterocycles. The molecule has 0 amide bonds. The lowest BCUT2D eigenvalue weighted by molar-refractivity contribution is 1.08. The number of pyridine rings is 1. The second-order valence-electron chi connectivity index (χ2n) is 2.72. The summed E-state index contributed by atoms with van der Waals surface area (Å²) in [6.45, 7) is 1.92. The van der Waals surface area contributed by atoms with Crippen LogP contribution in [0, 0.1) is 10.8 Å². The van der Waals surface area contributed by atoms with E-state index in [0.717, 1.165) is 11.1 Å². The van der Waals surface area contributed by atoms with Crippen LogP contribution in [0.3, 0.4) is 0 Å². The zero-order valence-electron chi connectivity index (χ0n) is 6.95. The maximum absolute atomic E-state index is 5.61. The lowest BCUT2D eigenvalue weighted by Gasteiger charge is -2.01. The quantitative estimate of drug-likeness (QED) is 0.589. The Morgan fingerprint density at radius 1 is 1.38 bits per heavy atom. The van der Waals surface area contributed by atoms with Crippen molar-refractivity contribution >= 4 is 39.3 Å². The normalized spacial score (nSPS) is 10.6. The Hall–Kier alpha value is -0.980. The van der Waals surface area contributed by atoms with E-state index in [1.54, 1.807) is 6.20 Å². The summed E-state index contributed by atoms with van der Waals surface area (Å²) in [7, 11) is 0. The van der Waals surface area contributed by atoms with Crippen molar-refractivity contribution in [2.24, 2.45) is 0 Å². The van der Waals surface area contributed by atoms with Crippen LogP contribution >= 0.6 is 22.6 Å². The lowest BCUT2D eigenvalue weighted by atomic mass is 10.2. The summed E-state index contributed by atoms with van der Waals surface area (Å²) in [5.74, 6) is 0. The minimum Gasteiger partial charge on any atom is -0.397 e. The fourth-order valence-electron chi connectivity index (χ4n) is 1.14. The molecular formula is C8H7IN4. The summed E-state index contributed by atoms with van der Waals surface area (Å²) in [6, 6.07) is 1.84. The van der Waals surface area contributed by atoms with Crippen LogP contribution in [0.25, 0.3) is 11.0 Å². The highest BCUT2D eigenvalue weighted by atomic mass is 127. The average molecular weight is 286 g/mol. The summed E-state index contributed by atoms with van der Waals surface area (Å²) in [5, 5.41) is 0.917. The monoisotopic (exact) mass is 286 g/mol. The molecule has 2 aromatic rings. The molecule has 5 heteroatoms. The van der Waals surface area contributed by atoms with Gasteiger partial charge in [-0.05, 0) is 13.0 Å². The van der Waals surface area contributed by atoms with E-state index in [1.165, 1.54) is 0 Å². The number of hydrogen-bond acceptors (Lipinski definition) is 4. The number of aryl methyl sites for hydroxylation is 1. The Morgan fingerprint density at radius 3 is 2.92 bits per heavy atom. The third-order valence-electron chi connectivity index (χ3n) is 1.74. The van der Waals surface area contributed by atoms with Gasteiger partial charge in [-0.25, -0.2) is 15.0 Å². The Bertz CT molecular complexity index is 469. The second-order valence-corrected chi connectivity index (χ2v) is 3.68. The molecule has 2 rings (SSSR count). The Morgan fingerprint density at radius 2 is 2.15 bits per heavy atom. The van der Waals surface area contributed by atoms with E-state index >= 15 is 0 Å². The van der Waals surface area contributed by atoms with E-state index in [-0.39, 0.29) is 0 Å². The van der Waals surface area contributed by atoms with Gasteiger partial charge < -0.3 is 5.73 Å². The van der Waals surface area contributed by atoms with Crippen LogP contribution in [0.5, 0.6) is 0 Å². The zero-order valence-corrected chi connectivity index (χ0v) is 9.11. The molecule has 66 valence electrons. The molecule has 2 N–H and O–H groups in total. The molecule has 0 spiro atoms. The Kier molecular flexibility index (Phi) is 2.03. The van der Waals surface area contributed by atoms with Gasteiger partial charge in [-0.15, -0.1) is 0 Å². The highest BCUT2D eigenvalue weighted by Crippen LogP contribution is 2.16. The second kappa shape index (κ2) is 3.06. The molecule has 0 aliphatic carbocycles. The van der Waals surface area contributed by atoms with Crippen LogP contribution in [-0.2, 0) is 0 Å². The molecule has 0 saturated carbocycles. The van der Waals surface area contributed by atoms with Crippen molar-refractivity contribution < 1.29 is 0 Å². The number of nitrogens with zero attached hydrogens (tertiary/aromatic N) is 3. The number of halogens is 1. The van der Waals surface area contributed by atoms with Crippen molar-refractivity contribution in [3.05, 3.63) is 21.8 Å². The fraction of sp³-hybridized carbons (Fsp3) is 0.125. The summed E-state index contributed by atoms with van der Waals surface area (Å²) in [5.41, 5.74) is 7.86. The molecule has 2 heterocycles. The van der Waals surface area contributed by atoms with Gasteiger partial charge in [-0.3, -0.25) is 0 Å². The van der Waals surface area contributed by atoms with Gasteiger partial charge in [0.15, 0.2) is 9.48 Å². The maximum Gasteiger partial charge on any atom is 0.193 e. The first-order valence-electron chi connectivity index (χ1n) is 3.72. The van der Waals surface area contributed by atoms with Crippen molar-refractivity contribution in [1.29, 1.82) is 0 Å². The van der Waals surface area contributed by atoms with Gasteiger partial charge in [-0.1, -0.05) is 0 Å². The molecule has 4 nitrogen and oxygen atoms in total. The predicted octanol–water partition coefficient (Wildman–Crippen LogP) is 1.52. The molecule has 0 atom stereocenters. The van der Waals surface area contributed by atoms with Crippen LogP contribution in [0.2, 0.25) is 0 Å². The number of hydrogen-bond donors (Lipinski definition) is 1.